The van der Waals surface area contributed by atoms with Crippen LogP contribution in [0, 0.1) is 0 Å². The van der Waals surface area contributed by atoms with Gasteiger partial charge in [0.15, 0.2) is 0 Å². The van der Waals surface area contributed by atoms with Gasteiger partial charge >= 0.3 is 5.97 Å². The van der Waals surface area contributed by atoms with Gasteiger partial charge in [-0.2, -0.15) is 0 Å². The Balaban J connectivity index is 1.85. The van der Waals surface area contributed by atoms with Gasteiger partial charge in [0.1, 0.15) is 29.4 Å². The van der Waals surface area contributed by atoms with Crippen molar-refractivity contribution in [1.29, 1.82) is 0 Å². The van der Waals surface area contributed by atoms with E-state index in [1.165, 1.54) is 29.3 Å². The van der Waals surface area contributed by atoms with Crippen LogP contribution in [0.25, 0.3) is 0 Å². The van der Waals surface area contributed by atoms with E-state index in [-0.39, 0.29) is 34.5 Å². The second kappa shape index (κ2) is 7.43. The van der Waals surface area contributed by atoms with Gasteiger partial charge in [0.2, 0.25) is 0 Å². The van der Waals surface area contributed by atoms with Crippen molar-refractivity contribution >= 4 is 11.7 Å². The van der Waals surface area contributed by atoms with E-state index >= 15 is 0 Å². The number of benzene rings is 2. The number of carboxylic acid groups (broad SMARTS) is 1. The molecule has 0 saturated heterocycles. The number of rotatable bonds is 5. The lowest BCUT2D eigenvalue weighted by Crippen LogP contribution is -2.34. The van der Waals surface area contributed by atoms with Crippen LogP contribution in [-0.4, -0.2) is 33.7 Å². The van der Waals surface area contributed by atoms with Crippen molar-refractivity contribution in [2.45, 2.75) is 51.4 Å². The summed E-state index contributed by atoms with van der Waals surface area (Å²) in [5.41, 5.74) is 3.60. The molecule has 0 unspecified atom stereocenters. The van der Waals surface area contributed by atoms with E-state index in [9.17, 15) is 15.1 Å². The number of oxime groups is 1. The minimum absolute atomic E-state index is 0.0229. The van der Waals surface area contributed by atoms with Crippen LogP contribution in [0.4, 0.5) is 0 Å². The Morgan fingerprint density at radius 3 is 2.28 bits per heavy atom. The van der Waals surface area contributed by atoms with Crippen LogP contribution in [0.2, 0.25) is 0 Å². The Morgan fingerprint density at radius 2 is 1.69 bits per heavy atom. The van der Waals surface area contributed by atoms with Gasteiger partial charge in [0, 0.05) is 11.6 Å². The predicted octanol–water partition coefficient (Wildman–Crippen LogP) is 4.70. The Morgan fingerprint density at radius 1 is 1.03 bits per heavy atom. The molecule has 0 aliphatic heterocycles. The number of aromatic hydroxyl groups is 1. The lowest BCUT2D eigenvalue weighted by Gasteiger charge is -2.42. The highest BCUT2D eigenvalue weighted by Gasteiger charge is 2.37. The van der Waals surface area contributed by atoms with Crippen LogP contribution >= 0.6 is 0 Å². The van der Waals surface area contributed by atoms with Crippen LogP contribution in [0.3, 0.4) is 0 Å². The van der Waals surface area contributed by atoms with Gasteiger partial charge in [-0.05, 0) is 53.0 Å². The smallest absolute Gasteiger partial charge is 0.339 e. The second-order valence-corrected chi connectivity index (χ2v) is 8.85. The molecule has 0 aromatic heterocycles. The number of ether oxygens (including phenoxy) is 1. The number of nitrogens with zero attached hydrogens (tertiary/aromatic N) is 1. The summed E-state index contributed by atoms with van der Waals surface area (Å²) in [6, 6.07) is 10.1. The largest absolute Gasteiger partial charge is 0.507 e. The summed E-state index contributed by atoms with van der Waals surface area (Å²) >= 11 is 0. The van der Waals surface area contributed by atoms with Crippen LogP contribution < -0.4 is 4.74 Å². The summed E-state index contributed by atoms with van der Waals surface area (Å²) in [5.74, 6) is -1.31. The summed E-state index contributed by atoms with van der Waals surface area (Å²) in [4.78, 5) is 11.0. The summed E-state index contributed by atoms with van der Waals surface area (Å²) in [7, 11) is 0. The van der Waals surface area contributed by atoms with Gasteiger partial charge in [-0.1, -0.05) is 45.0 Å². The Labute approximate surface area is 170 Å². The maximum Gasteiger partial charge on any atom is 0.339 e. The zero-order valence-corrected chi connectivity index (χ0v) is 17.2. The molecule has 3 N–H and O–H groups in total. The molecule has 0 saturated carbocycles. The minimum Gasteiger partial charge on any atom is -0.507 e. The topological polar surface area (TPSA) is 99.4 Å². The molecule has 1 aliphatic rings. The molecular formula is C23H27NO5. The van der Waals surface area contributed by atoms with Gasteiger partial charge in [-0.3, -0.25) is 0 Å². The fourth-order valence-electron chi connectivity index (χ4n) is 3.87. The third kappa shape index (κ3) is 4.06. The van der Waals surface area contributed by atoms with E-state index in [0.717, 1.165) is 18.4 Å². The van der Waals surface area contributed by atoms with Crippen LogP contribution in [0.15, 0.2) is 41.6 Å². The van der Waals surface area contributed by atoms with E-state index in [1.807, 2.05) is 6.07 Å². The quantitative estimate of drug-likeness (QED) is 0.386. The molecule has 2 aromatic carbocycles. The lowest BCUT2D eigenvalue weighted by atomic mass is 9.63. The molecule has 6 heteroatoms. The first-order chi connectivity index (χ1) is 13.5. The van der Waals surface area contributed by atoms with Crippen molar-refractivity contribution in [3.05, 3.63) is 58.7 Å². The second-order valence-electron chi connectivity index (χ2n) is 8.85. The van der Waals surface area contributed by atoms with Gasteiger partial charge in [0.25, 0.3) is 0 Å². The molecule has 0 fully saturated rings. The van der Waals surface area contributed by atoms with Crippen molar-refractivity contribution in [3.63, 3.8) is 0 Å². The SMILES string of the molecule is CC1(C)CCC(C)(C)c2cc(/C(COc3ccc(C(=O)O)c(O)c3)=N\O)ccc21. The normalized spacial score (nSPS) is 17.4. The van der Waals surface area contributed by atoms with Gasteiger partial charge in [0.05, 0.1) is 0 Å². The third-order valence-corrected chi connectivity index (χ3v) is 5.88. The minimum atomic E-state index is -1.22. The first-order valence-corrected chi connectivity index (χ1v) is 9.60. The average molecular weight is 397 g/mol. The lowest BCUT2D eigenvalue weighted by molar-refractivity contribution is 0.0693. The first kappa shape index (κ1) is 20.7. The molecule has 0 bridgehead atoms. The number of aromatic carboxylic acids is 1. The van der Waals surface area contributed by atoms with Crippen molar-refractivity contribution < 1.29 is 25.0 Å². The Kier molecular flexibility index (Phi) is 5.30. The van der Waals surface area contributed by atoms with Crippen molar-refractivity contribution in [3.8, 4) is 11.5 Å². The highest BCUT2D eigenvalue weighted by molar-refractivity contribution is 6.01. The monoisotopic (exact) mass is 397 g/mol. The van der Waals surface area contributed by atoms with Crippen molar-refractivity contribution in [1.82, 2.24) is 0 Å². The van der Waals surface area contributed by atoms with Crippen LogP contribution in [0.1, 0.15) is 67.6 Å². The zero-order chi connectivity index (χ0) is 21.4. The van der Waals surface area contributed by atoms with Crippen LogP contribution in [0.5, 0.6) is 11.5 Å². The van der Waals surface area contributed by atoms with E-state index in [4.69, 9.17) is 9.84 Å². The maximum atomic E-state index is 11.0. The Hall–Kier alpha value is -3.02. The molecule has 3 rings (SSSR count). The van der Waals surface area contributed by atoms with Gasteiger partial charge in [-0.15, -0.1) is 0 Å². The molecule has 0 spiro atoms. The van der Waals surface area contributed by atoms with Crippen LogP contribution in [-0.2, 0) is 10.8 Å². The maximum absolute atomic E-state index is 11.0. The fraction of sp³-hybridized carbons (Fsp3) is 0.391. The first-order valence-electron chi connectivity index (χ1n) is 9.60. The van der Waals surface area contributed by atoms with Gasteiger partial charge in [-0.25, -0.2) is 4.79 Å². The molecule has 0 radical (unpaired) electrons. The summed E-state index contributed by atoms with van der Waals surface area (Å²) in [6.45, 7) is 8.93. The average Bonchev–Trinajstić information content (AvgIpc) is 2.66. The summed E-state index contributed by atoms with van der Waals surface area (Å²) in [6.07, 6.45) is 2.19. The van der Waals surface area contributed by atoms with E-state index in [1.54, 1.807) is 0 Å². The van der Waals surface area contributed by atoms with E-state index in [0.29, 0.717) is 5.71 Å². The number of carbonyl (C=O) groups is 1. The molecule has 2 aromatic rings. The molecule has 1 aliphatic carbocycles. The highest BCUT2D eigenvalue weighted by Crippen LogP contribution is 2.45. The standard InChI is InChI=1S/C23H27NO5/c1-22(2)9-10-23(3,4)18-11-14(5-8-17(18)22)19(24-28)13-29-15-6-7-16(21(26)27)20(25)12-15/h5-8,11-12,25,28H,9-10,13H2,1-4H3,(H,26,27)/b24-19-. The molecule has 0 amide bonds. The van der Waals surface area contributed by atoms with E-state index in [2.05, 4.69) is 45.0 Å². The molecule has 0 heterocycles. The number of phenols is 1. The predicted molar refractivity (Wildman–Crippen MR) is 111 cm³/mol. The van der Waals surface area contributed by atoms with Crippen molar-refractivity contribution in [2.24, 2.45) is 5.16 Å². The fourth-order valence-corrected chi connectivity index (χ4v) is 3.87. The number of hydrogen-bond acceptors (Lipinski definition) is 5. The van der Waals surface area contributed by atoms with Gasteiger partial charge < -0.3 is 20.2 Å². The molecular weight excluding hydrogens is 370 g/mol. The summed E-state index contributed by atoms with van der Waals surface area (Å²) < 4.78 is 5.62. The number of hydrogen-bond donors (Lipinski definition) is 3. The highest BCUT2D eigenvalue weighted by atomic mass is 16.5. The number of carboxylic acids is 1. The molecule has 154 valence electrons. The molecule has 29 heavy (non-hydrogen) atoms. The summed E-state index contributed by atoms with van der Waals surface area (Å²) in [5, 5.41) is 31.7. The van der Waals surface area contributed by atoms with E-state index < -0.39 is 5.97 Å². The Bertz CT molecular complexity index is 975. The third-order valence-electron chi connectivity index (χ3n) is 5.88. The zero-order valence-electron chi connectivity index (χ0n) is 17.2. The number of fused-ring (bicyclic) bond motifs is 1. The van der Waals surface area contributed by atoms with Crippen molar-refractivity contribution in [2.75, 3.05) is 6.61 Å². The molecule has 0 atom stereocenters. The molecule has 6 nitrogen and oxygen atoms in total.